The highest BCUT2D eigenvalue weighted by Gasteiger charge is 2.21. The first-order valence-corrected chi connectivity index (χ1v) is 8.37. The van der Waals surface area contributed by atoms with Gasteiger partial charge >= 0.3 is 0 Å². The van der Waals surface area contributed by atoms with Gasteiger partial charge < -0.3 is 0 Å². The number of fused-ring (bicyclic) bond motifs is 1. The second kappa shape index (κ2) is 4.85. The number of hydrogen-bond acceptors (Lipinski definition) is 4. The van der Waals surface area contributed by atoms with Crippen molar-refractivity contribution in [2.75, 3.05) is 9.38 Å². The Balaban J connectivity index is 2.57. The van der Waals surface area contributed by atoms with Crippen LogP contribution in [0.5, 0.6) is 0 Å². The van der Waals surface area contributed by atoms with Crippen LogP contribution in [0.3, 0.4) is 0 Å². The number of benzene rings is 1. The molecule has 1 N–H and O–H groups in total. The summed E-state index contributed by atoms with van der Waals surface area (Å²) in [6.45, 7) is 0. The molecule has 1 aliphatic heterocycles. The molecule has 0 saturated heterocycles. The molecule has 17 heavy (non-hydrogen) atoms. The highest BCUT2D eigenvalue weighted by molar-refractivity contribution is 9.10. The van der Waals surface area contributed by atoms with Crippen molar-refractivity contribution in [2.45, 2.75) is 0 Å². The third kappa shape index (κ3) is 2.65. The molecular formula is C7H4BrCl2N3O2S2. The topological polar surface area (TPSA) is 70.9 Å². The van der Waals surface area contributed by atoms with Crippen molar-refractivity contribution in [1.82, 2.24) is 0 Å². The first kappa shape index (κ1) is 13.3. The van der Waals surface area contributed by atoms with Crippen LogP contribution >= 0.6 is 39.1 Å². The summed E-state index contributed by atoms with van der Waals surface area (Å²) in [5.41, 5.74) is 0.963. The predicted molar refractivity (Wildman–Crippen MR) is 74.3 cm³/mol. The van der Waals surface area contributed by atoms with E-state index in [0.717, 1.165) is 11.4 Å². The van der Waals surface area contributed by atoms with E-state index in [1.54, 1.807) is 0 Å². The van der Waals surface area contributed by atoms with Crippen molar-refractivity contribution in [3.63, 3.8) is 0 Å². The number of anilines is 1. The normalized spacial score (nSPS) is 13.4. The van der Waals surface area contributed by atoms with E-state index in [2.05, 4.69) is 29.4 Å². The number of nitrogens with one attached hydrogen (secondary N) is 1. The zero-order valence-electron chi connectivity index (χ0n) is 7.95. The van der Waals surface area contributed by atoms with Crippen LogP contribution in [0.15, 0.2) is 14.8 Å². The van der Waals surface area contributed by atoms with Gasteiger partial charge in [-0.15, -0.1) is 0 Å². The molecule has 5 nitrogen and oxygen atoms in total. The SMILES string of the molecule is O=S(=O)(CBr)Nc1c(Cl)cc(Cl)c2c1N=S=N2. The summed E-state index contributed by atoms with van der Waals surface area (Å²) in [6.07, 6.45) is 0. The highest BCUT2D eigenvalue weighted by atomic mass is 79.9. The van der Waals surface area contributed by atoms with E-state index in [4.69, 9.17) is 23.2 Å². The molecule has 0 bridgehead atoms. The van der Waals surface area contributed by atoms with Crippen molar-refractivity contribution in [3.8, 4) is 0 Å². The van der Waals surface area contributed by atoms with Crippen molar-refractivity contribution in [1.29, 1.82) is 0 Å². The van der Waals surface area contributed by atoms with E-state index >= 15 is 0 Å². The van der Waals surface area contributed by atoms with Crippen LogP contribution in [0.2, 0.25) is 10.0 Å². The standard InChI is InChI=1S/C7H4BrCl2N3O2S2/c8-2-17(14,15)13-6-4(10)1-3(9)5-7(6)12-16-11-5/h1,13H,2H2. The summed E-state index contributed by atoms with van der Waals surface area (Å²) < 4.78 is 33.0. The Morgan fingerprint density at radius 2 is 1.94 bits per heavy atom. The molecule has 2 rings (SSSR count). The Hall–Kier alpha value is -0.150. The Kier molecular flexibility index (Phi) is 3.79. The minimum atomic E-state index is -3.50. The van der Waals surface area contributed by atoms with Gasteiger partial charge in [0.2, 0.25) is 10.0 Å². The number of nitrogens with zero attached hydrogens (tertiary/aromatic N) is 2. The van der Waals surface area contributed by atoms with Gasteiger partial charge in [0.15, 0.2) is 0 Å². The maximum atomic E-state index is 11.5. The fraction of sp³-hybridized carbons (Fsp3) is 0.143. The first-order chi connectivity index (χ1) is 7.94. The van der Waals surface area contributed by atoms with Gasteiger partial charge in [0.25, 0.3) is 0 Å². The predicted octanol–water partition coefficient (Wildman–Crippen LogP) is 3.81. The maximum Gasteiger partial charge on any atom is 0.242 e. The largest absolute Gasteiger partial charge is 0.279 e. The molecule has 0 aliphatic carbocycles. The Bertz CT molecular complexity index is 656. The van der Waals surface area contributed by atoms with Crippen LogP contribution in [-0.4, -0.2) is 13.1 Å². The molecular weight excluding hydrogens is 373 g/mol. The minimum absolute atomic E-state index is 0.180. The van der Waals surface area contributed by atoms with E-state index in [9.17, 15) is 8.42 Å². The molecule has 0 unspecified atom stereocenters. The van der Waals surface area contributed by atoms with Gasteiger partial charge in [0.1, 0.15) is 16.0 Å². The average molecular weight is 377 g/mol. The van der Waals surface area contributed by atoms with Gasteiger partial charge in [-0.2, -0.15) is 8.73 Å². The van der Waals surface area contributed by atoms with Gasteiger partial charge in [-0.25, -0.2) is 8.42 Å². The summed E-state index contributed by atoms with van der Waals surface area (Å²) in [7, 11) is -3.50. The van der Waals surface area contributed by atoms with Gasteiger partial charge in [-0.05, 0) is 6.07 Å². The lowest BCUT2D eigenvalue weighted by molar-refractivity contribution is 0.606. The van der Waals surface area contributed by atoms with Crippen LogP contribution in [0.4, 0.5) is 17.1 Å². The van der Waals surface area contributed by atoms with Gasteiger partial charge in [-0.3, -0.25) is 4.72 Å². The van der Waals surface area contributed by atoms with Gasteiger partial charge in [0, 0.05) is 0 Å². The number of halogens is 3. The van der Waals surface area contributed by atoms with Crippen LogP contribution < -0.4 is 4.72 Å². The number of alkyl halides is 1. The van der Waals surface area contributed by atoms with Crippen molar-refractivity contribution >= 4 is 77.6 Å². The fourth-order valence-corrected chi connectivity index (χ4v) is 3.29. The van der Waals surface area contributed by atoms with Gasteiger partial charge in [-0.1, -0.05) is 39.1 Å². The van der Waals surface area contributed by atoms with E-state index < -0.39 is 10.0 Å². The number of rotatable bonds is 3. The smallest absolute Gasteiger partial charge is 0.242 e. The molecule has 0 radical (unpaired) electrons. The van der Waals surface area contributed by atoms with E-state index in [0.29, 0.717) is 16.4 Å². The molecule has 0 fully saturated rings. The number of sulfonamides is 1. The molecule has 10 heteroatoms. The second-order valence-electron chi connectivity index (χ2n) is 3.00. The van der Waals surface area contributed by atoms with Crippen molar-refractivity contribution < 1.29 is 8.42 Å². The van der Waals surface area contributed by atoms with E-state index in [1.165, 1.54) is 6.07 Å². The molecule has 1 heterocycles. The Labute approximate surface area is 120 Å². The second-order valence-corrected chi connectivity index (χ2v) is 7.37. The third-order valence-electron chi connectivity index (χ3n) is 1.85. The van der Waals surface area contributed by atoms with Crippen LogP contribution in [0, 0.1) is 0 Å². The molecule has 1 aliphatic rings. The van der Waals surface area contributed by atoms with Crippen LogP contribution in [-0.2, 0) is 21.4 Å². The Morgan fingerprint density at radius 1 is 1.29 bits per heavy atom. The molecule has 1 aromatic rings. The highest BCUT2D eigenvalue weighted by Crippen LogP contribution is 2.47. The summed E-state index contributed by atoms with van der Waals surface area (Å²) in [5.74, 6) is 0. The van der Waals surface area contributed by atoms with E-state index in [-0.39, 0.29) is 15.4 Å². The monoisotopic (exact) mass is 375 g/mol. The van der Waals surface area contributed by atoms with Crippen LogP contribution in [0.25, 0.3) is 0 Å². The van der Waals surface area contributed by atoms with Gasteiger partial charge in [0.05, 0.1) is 27.1 Å². The zero-order chi connectivity index (χ0) is 12.6. The lowest BCUT2D eigenvalue weighted by Crippen LogP contribution is -2.13. The summed E-state index contributed by atoms with van der Waals surface area (Å²) >= 11 is 15.7. The van der Waals surface area contributed by atoms with Crippen molar-refractivity contribution in [3.05, 3.63) is 16.1 Å². The molecule has 0 aromatic heterocycles. The summed E-state index contributed by atoms with van der Waals surface area (Å²) in [4.78, 5) is 0. The van der Waals surface area contributed by atoms with Crippen molar-refractivity contribution in [2.24, 2.45) is 8.73 Å². The number of hydrogen-bond donors (Lipinski definition) is 1. The summed E-state index contributed by atoms with van der Waals surface area (Å²) in [5, 5.41) is 0.514. The molecule has 92 valence electrons. The van der Waals surface area contributed by atoms with E-state index in [1.807, 2.05) is 0 Å². The third-order valence-corrected chi connectivity index (χ3v) is 5.57. The lowest BCUT2D eigenvalue weighted by Gasteiger charge is -2.10. The minimum Gasteiger partial charge on any atom is -0.279 e. The van der Waals surface area contributed by atoms with Crippen LogP contribution in [0.1, 0.15) is 0 Å². The molecule has 0 saturated carbocycles. The maximum absolute atomic E-state index is 11.5. The first-order valence-electron chi connectivity index (χ1n) is 4.11. The molecule has 0 atom stereocenters. The lowest BCUT2D eigenvalue weighted by atomic mass is 10.2. The molecule has 1 aromatic carbocycles. The summed E-state index contributed by atoms with van der Waals surface area (Å²) in [6, 6.07) is 1.43. The average Bonchev–Trinajstić information content (AvgIpc) is 2.73. The Morgan fingerprint density at radius 3 is 2.59 bits per heavy atom. The zero-order valence-corrected chi connectivity index (χ0v) is 12.7. The fourth-order valence-electron chi connectivity index (χ4n) is 1.15. The quantitative estimate of drug-likeness (QED) is 0.827. The molecule has 0 spiro atoms. The molecule has 0 amide bonds.